The molecule has 6 nitrogen and oxygen atoms in total. The van der Waals surface area contributed by atoms with E-state index in [0.717, 1.165) is 29.0 Å². The molecule has 2 aromatic carbocycles. The van der Waals surface area contributed by atoms with Gasteiger partial charge in [-0.1, -0.05) is 36.7 Å². The molecule has 0 heterocycles. The number of methoxy groups -OCH3 is 1. The Morgan fingerprint density at radius 3 is 2.48 bits per heavy atom. The minimum atomic E-state index is -3.67. The number of sulfonamides is 1. The van der Waals surface area contributed by atoms with E-state index in [-0.39, 0.29) is 5.91 Å². The van der Waals surface area contributed by atoms with E-state index in [1.807, 2.05) is 24.3 Å². The van der Waals surface area contributed by atoms with Crippen molar-refractivity contribution in [2.24, 2.45) is 0 Å². The zero-order valence-corrected chi connectivity index (χ0v) is 18.5. The first-order valence-electron chi connectivity index (χ1n) is 9.42. The zero-order chi connectivity index (χ0) is 21.4. The Labute approximate surface area is 177 Å². The van der Waals surface area contributed by atoms with Crippen molar-refractivity contribution in [1.29, 1.82) is 0 Å². The third kappa shape index (κ3) is 6.65. The maximum atomic E-state index is 12.8. The Balaban J connectivity index is 2.06. The molecule has 0 bridgehead atoms. The van der Waals surface area contributed by atoms with Crippen LogP contribution < -0.4 is 14.4 Å². The molecule has 29 heavy (non-hydrogen) atoms. The van der Waals surface area contributed by atoms with Crippen LogP contribution in [0.4, 0.5) is 5.69 Å². The van der Waals surface area contributed by atoms with Gasteiger partial charge in [0.25, 0.3) is 0 Å². The highest BCUT2D eigenvalue weighted by molar-refractivity contribution is 7.92. The van der Waals surface area contributed by atoms with Crippen molar-refractivity contribution < 1.29 is 17.9 Å². The number of aryl methyl sites for hydroxylation is 1. The van der Waals surface area contributed by atoms with Crippen LogP contribution in [0.3, 0.4) is 0 Å². The van der Waals surface area contributed by atoms with Gasteiger partial charge in [-0.3, -0.25) is 9.10 Å². The van der Waals surface area contributed by atoms with E-state index in [9.17, 15) is 13.2 Å². The summed E-state index contributed by atoms with van der Waals surface area (Å²) >= 11 is 5.88. The molecule has 0 aliphatic carbocycles. The normalized spacial score (nSPS) is 12.3. The summed E-state index contributed by atoms with van der Waals surface area (Å²) in [4.78, 5) is 12.8. The molecule has 1 amide bonds. The molecule has 0 saturated carbocycles. The van der Waals surface area contributed by atoms with Crippen molar-refractivity contribution in [3.63, 3.8) is 0 Å². The minimum absolute atomic E-state index is 0.322. The Morgan fingerprint density at radius 1 is 1.21 bits per heavy atom. The number of amides is 1. The number of hydrogen-bond donors (Lipinski definition) is 1. The quantitative estimate of drug-likeness (QED) is 0.574. The van der Waals surface area contributed by atoms with E-state index >= 15 is 0 Å². The Kier molecular flexibility index (Phi) is 8.34. The number of nitrogens with zero attached hydrogens (tertiary/aromatic N) is 1. The molecule has 158 valence electrons. The van der Waals surface area contributed by atoms with Crippen molar-refractivity contribution >= 4 is 33.2 Å². The summed E-state index contributed by atoms with van der Waals surface area (Å²) in [5.74, 6) is 0.200. The van der Waals surface area contributed by atoms with Gasteiger partial charge in [-0.15, -0.1) is 0 Å². The number of nitrogens with one attached hydrogen (secondary N) is 1. The molecule has 2 rings (SSSR count). The SMILES string of the molecule is CC[C@@H](C(=O)NCCCc1ccc(Cl)cc1)N(c1cccc(OC)c1)S(C)(=O)=O. The highest BCUT2D eigenvalue weighted by Gasteiger charge is 2.31. The van der Waals surface area contributed by atoms with E-state index in [1.165, 1.54) is 7.11 Å². The molecule has 0 fully saturated rings. The molecule has 0 aromatic heterocycles. The molecule has 0 radical (unpaired) electrons. The number of halogens is 1. The smallest absolute Gasteiger partial charge is 0.243 e. The van der Waals surface area contributed by atoms with Crippen LogP contribution in [-0.4, -0.2) is 40.3 Å². The number of carbonyl (C=O) groups is 1. The van der Waals surface area contributed by atoms with Crippen LogP contribution in [-0.2, 0) is 21.2 Å². The van der Waals surface area contributed by atoms with Gasteiger partial charge < -0.3 is 10.1 Å². The number of hydrogen-bond acceptors (Lipinski definition) is 4. The summed E-state index contributed by atoms with van der Waals surface area (Å²) in [5, 5.41) is 3.55. The lowest BCUT2D eigenvalue weighted by Gasteiger charge is -2.30. The fourth-order valence-electron chi connectivity index (χ4n) is 3.08. The van der Waals surface area contributed by atoms with Crippen LogP contribution in [0, 0.1) is 0 Å². The first kappa shape index (κ1) is 23.0. The predicted molar refractivity (Wildman–Crippen MR) is 117 cm³/mol. The standard InChI is InChI=1S/C21H27ClN2O4S/c1-4-20(21(25)23-14-6-7-16-10-12-17(22)13-11-16)24(29(3,26)27)18-8-5-9-19(15-18)28-2/h5,8-13,15,20H,4,6-7,14H2,1-3H3,(H,23,25)/t20-/m0/s1. The van der Waals surface area contributed by atoms with E-state index in [4.69, 9.17) is 16.3 Å². The molecule has 1 N–H and O–H groups in total. The minimum Gasteiger partial charge on any atom is -0.497 e. The lowest BCUT2D eigenvalue weighted by Crippen LogP contribution is -2.49. The first-order chi connectivity index (χ1) is 13.8. The van der Waals surface area contributed by atoms with E-state index in [2.05, 4.69) is 5.32 Å². The fraction of sp³-hybridized carbons (Fsp3) is 0.381. The molecule has 2 aromatic rings. The van der Waals surface area contributed by atoms with Gasteiger partial charge in [0.2, 0.25) is 15.9 Å². The monoisotopic (exact) mass is 438 g/mol. The average molecular weight is 439 g/mol. The van der Waals surface area contributed by atoms with Crippen molar-refractivity contribution in [1.82, 2.24) is 5.32 Å². The van der Waals surface area contributed by atoms with Crippen molar-refractivity contribution in [2.75, 3.05) is 24.2 Å². The molecule has 8 heteroatoms. The predicted octanol–water partition coefficient (Wildman–Crippen LogP) is 3.64. The van der Waals surface area contributed by atoms with Gasteiger partial charge in [-0.2, -0.15) is 0 Å². The number of anilines is 1. The van der Waals surface area contributed by atoms with Gasteiger partial charge in [0.05, 0.1) is 19.1 Å². The number of ether oxygens (including phenoxy) is 1. The number of benzene rings is 2. The van der Waals surface area contributed by atoms with Crippen LogP contribution in [0.5, 0.6) is 5.75 Å². The first-order valence-corrected chi connectivity index (χ1v) is 11.6. The summed E-state index contributed by atoms with van der Waals surface area (Å²) in [5.41, 5.74) is 1.53. The highest BCUT2D eigenvalue weighted by Crippen LogP contribution is 2.26. The van der Waals surface area contributed by atoms with Gasteiger partial charge in [-0.25, -0.2) is 8.42 Å². The molecule has 0 saturated heterocycles. The Hall–Kier alpha value is -2.25. The van der Waals surface area contributed by atoms with Gasteiger partial charge in [0.15, 0.2) is 0 Å². The van der Waals surface area contributed by atoms with Gasteiger partial charge in [0.1, 0.15) is 11.8 Å². The van der Waals surface area contributed by atoms with Gasteiger partial charge in [-0.05, 0) is 49.1 Å². The maximum absolute atomic E-state index is 12.8. The third-order valence-electron chi connectivity index (χ3n) is 4.49. The molecular formula is C21H27ClN2O4S. The van der Waals surface area contributed by atoms with Crippen LogP contribution in [0.1, 0.15) is 25.3 Å². The van der Waals surface area contributed by atoms with Crippen molar-refractivity contribution in [2.45, 2.75) is 32.2 Å². The second-order valence-corrected chi connectivity index (χ2v) is 9.00. The molecule has 0 unspecified atom stereocenters. The summed E-state index contributed by atoms with van der Waals surface area (Å²) in [6.07, 6.45) is 2.97. The lowest BCUT2D eigenvalue weighted by atomic mass is 10.1. The van der Waals surface area contributed by atoms with E-state index in [0.29, 0.717) is 29.4 Å². The summed E-state index contributed by atoms with van der Waals surface area (Å²) < 4.78 is 31.3. The number of rotatable bonds is 10. The van der Waals surface area contributed by atoms with Crippen LogP contribution in [0.2, 0.25) is 5.02 Å². The number of carbonyl (C=O) groups excluding carboxylic acids is 1. The second-order valence-electron chi connectivity index (χ2n) is 6.71. The lowest BCUT2D eigenvalue weighted by molar-refractivity contribution is -0.122. The zero-order valence-electron chi connectivity index (χ0n) is 16.9. The van der Waals surface area contributed by atoms with Gasteiger partial charge in [0, 0.05) is 17.6 Å². The second kappa shape index (κ2) is 10.5. The molecule has 0 spiro atoms. The fourth-order valence-corrected chi connectivity index (χ4v) is 4.41. The summed E-state index contributed by atoms with van der Waals surface area (Å²) in [6.45, 7) is 2.24. The topological polar surface area (TPSA) is 75.7 Å². The van der Waals surface area contributed by atoms with Gasteiger partial charge >= 0.3 is 0 Å². The molecular weight excluding hydrogens is 412 g/mol. The van der Waals surface area contributed by atoms with Crippen LogP contribution in [0.25, 0.3) is 0 Å². The summed E-state index contributed by atoms with van der Waals surface area (Å²) in [7, 11) is -2.16. The van der Waals surface area contributed by atoms with Crippen LogP contribution >= 0.6 is 11.6 Å². The third-order valence-corrected chi connectivity index (χ3v) is 5.92. The average Bonchev–Trinajstić information content (AvgIpc) is 2.69. The molecule has 0 aliphatic heterocycles. The maximum Gasteiger partial charge on any atom is 0.243 e. The van der Waals surface area contributed by atoms with Crippen molar-refractivity contribution in [3.05, 3.63) is 59.1 Å². The molecule has 1 atom stereocenters. The molecule has 0 aliphatic rings. The summed E-state index contributed by atoms with van der Waals surface area (Å²) in [6, 6.07) is 13.4. The van der Waals surface area contributed by atoms with E-state index < -0.39 is 16.1 Å². The Morgan fingerprint density at radius 2 is 1.90 bits per heavy atom. The Bertz CT molecular complexity index is 917. The highest BCUT2D eigenvalue weighted by atomic mass is 35.5. The van der Waals surface area contributed by atoms with Crippen molar-refractivity contribution in [3.8, 4) is 5.75 Å². The van der Waals surface area contributed by atoms with E-state index in [1.54, 1.807) is 31.2 Å². The largest absolute Gasteiger partial charge is 0.497 e. The van der Waals surface area contributed by atoms with Crippen LogP contribution in [0.15, 0.2) is 48.5 Å².